The summed E-state index contributed by atoms with van der Waals surface area (Å²) in [5, 5.41) is 19.3. The van der Waals surface area contributed by atoms with Gasteiger partial charge in [-0.05, 0) is 37.0 Å². The van der Waals surface area contributed by atoms with Crippen LogP contribution >= 0.6 is 0 Å². The Morgan fingerprint density at radius 1 is 0.962 bits per heavy atom. The maximum absolute atomic E-state index is 12.8. The predicted octanol–water partition coefficient (Wildman–Crippen LogP) is 4.23. The van der Waals surface area contributed by atoms with Crippen LogP contribution in [0.2, 0.25) is 0 Å². The Bertz CT molecular complexity index is 814. The Morgan fingerprint density at radius 2 is 1.58 bits per heavy atom. The van der Waals surface area contributed by atoms with E-state index in [1.54, 1.807) is 4.90 Å². The fraction of sp³-hybridized carbons (Fsp3) is 0.238. The molecule has 0 bridgehead atoms. The molecular weight excluding hydrogens is 330 g/mol. The van der Waals surface area contributed by atoms with E-state index < -0.39 is 11.9 Å². The number of aliphatic hydroxyl groups excluding tert-OH is 1. The zero-order valence-corrected chi connectivity index (χ0v) is 14.3. The van der Waals surface area contributed by atoms with Gasteiger partial charge in [0.05, 0.1) is 6.04 Å². The van der Waals surface area contributed by atoms with Crippen molar-refractivity contribution in [3.8, 4) is 0 Å². The molecule has 2 aromatic rings. The van der Waals surface area contributed by atoms with Crippen LogP contribution < -0.4 is 4.90 Å². The van der Waals surface area contributed by atoms with Crippen LogP contribution in [0.5, 0.6) is 0 Å². The fourth-order valence-corrected chi connectivity index (χ4v) is 3.34. The number of aliphatic hydroxyl groups is 1. The van der Waals surface area contributed by atoms with Gasteiger partial charge >= 0.3 is 5.97 Å². The third kappa shape index (κ3) is 3.61. The van der Waals surface area contributed by atoms with E-state index in [1.807, 2.05) is 60.7 Å². The summed E-state index contributed by atoms with van der Waals surface area (Å²) in [4.78, 5) is 25.1. The van der Waals surface area contributed by atoms with E-state index in [2.05, 4.69) is 0 Å². The van der Waals surface area contributed by atoms with E-state index in [-0.39, 0.29) is 18.2 Å². The van der Waals surface area contributed by atoms with E-state index in [0.717, 1.165) is 11.3 Å². The van der Waals surface area contributed by atoms with Crippen LogP contribution in [0.1, 0.15) is 37.3 Å². The lowest BCUT2D eigenvalue weighted by atomic mass is 9.94. The van der Waals surface area contributed by atoms with Crippen molar-refractivity contribution in [3.05, 3.63) is 77.6 Å². The molecule has 2 aromatic carbocycles. The van der Waals surface area contributed by atoms with E-state index in [0.29, 0.717) is 24.8 Å². The molecule has 0 spiro atoms. The second kappa shape index (κ2) is 7.87. The summed E-state index contributed by atoms with van der Waals surface area (Å²) >= 11 is 0. The summed E-state index contributed by atoms with van der Waals surface area (Å²) in [6, 6.07) is 18.5. The highest BCUT2D eigenvalue weighted by atomic mass is 16.4. The molecule has 0 aromatic heterocycles. The molecule has 0 saturated carbocycles. The monoisotopic (exact) mass is 351 g/mol. The van der Waals surface area contributed by atoms with E-state index in [9.17, 15) is 14.7 Å². The zero-order chi connectivity index (χ0) is 18.5. The first-order valence-corrected chi connectivity index (χ1v) is 8.67. The van der Waals surface area contributed by atoms with Gasteiger partial charge in [0.2, 0.25) is 0 Å². The van der Waals surface area contributed by atoms with E-state index >= 15 is 0 Å². The molecule has 2 N–H and O–H groups in total. The molecule has 1 aliphatic heterocycles. The van der Waals surface area contributed by atoms with Crippen molar-refractivity contribution in [2.45, 2.75) is 31.7 Å². The van der Waals surface area contributed by atoms with Gasteiger partial charge in [-0.25, -0.2) is 0 Å². The number of hydrogen-bond donors (Lipinski definition) is 2. The lowest BCUT2D eigenvalue weighted by Crippen LogP contribution is -2.30. The van der Waals surface area contributed by atoms with E-state index in [1.165, 1.54) is 0 Å². The van der Waals surface area contributed by atoms with Gasteiger partial charge in [-0.1, -0.05) is 48.5 Å². The second-order valence-electron chi connectivity index (χ2n) is 6.30. The van der Waals surface area contributed by atoms with Gasteiger partial charge in [-0.3, -0.25) is 14.5 Å². The Kier molecular flexibility index (Phi) is 5.37. The Morgan fingerprint density at radius 3 is 2.19 bits per heavy atom. The van der Waals surface area contributed by atoms with Crippen molar-refractivity contribution < 1.29 is 19.8 Å². The van der Waals surface area contributed by atoms with Crippen LogP contribution in [-0.4, -0.2) is 22.1 Å². The molecule has 3 rings (SSSR count). The van der Waals surface area contributed by atoms with Crippen molar-refractivity contribution in [3.63, 3.8) is 0 Å². The fourth-order valence-electron chi connectivity index (χ4n) is 3.34. The number of carboxylic acid groups (broad SMARTS) is 1. The van der Waals surface area contributed by atoms with Gasteiger partial charge in [-0.2, -0.15) is 0 Å². The van der Waals surface area contributed by atoms with Gasteiger partial charge in [-0.15, -0.1) is 0 Å². The van der Waals surface area contributed by atoms with Crippen LogP contribution in [0.3, 0.4) is 0 Å². The number of rotatable bonds is 7. The SMILES string of the molecule is O=C(O)CCCCC1=C(O)C(=O)N(c2ccccc2)C1c1ccccc1. The summed E-state index contributed by atoms with van der Waals surface area (Å²) in [5.74, 6) is -1.48. The van der Waals surface area contributed by atoms with Crippen molar-refractivity contribution in [2.24, 2.45) is 0 Å². The molecule has 26 heavy (non-hydrogen) atoms. The lowest BCUT2D eigenvalue weighted by molar-refractivity contribution is -0.137. The molecule has 1 aliphatic rings. The quantitative estimate of drug-likeness (QED) is 0.732. The maximum atomic E-state index is 12.8. The number of anilines is 1. The molecule has 1 unspecified atom stereocenters. The number of carbonyl (C=O) groups is 2. The number of carboxylic acids is 1. The van der Waals surface area contributed by atoms with Gasteiger partial charge in [0.25, 0.3) is 5.91 Å². The second-order valence-corrected chi connectivity index (χ2v) is 6.30. The van der Waals surface area contributed by atoms with Crippen LogP contribution in [0.25, 0.3) is 0 Å². The summed E-state index contributed by atoms with van der Waals surface area (Å²) in [6.45, 7) is 0. The average molecular weight is 351 g/mol. The minimum absolute atomic E-state index is 0.0837. The number of aliphatic carboxylic acids is 1. The highest BCUT2D eigenvalue weighted by Crippen LogP contribution is 2.42. The maximum Gasteiger partial charge on any atom is 0.303 e. The Hall–Kier alpha value is -3.08. The third-order valence-electron chi connectivity index (χ3n) is 4.55. The molecule has 1 atom stereocenters. The molecule has 0 fully saturated rings. The number of hydrogen-bond acceptors (Lipinski definition) is 3. The highest BCUT2D eigenvalue weighted by Gasteiger charge is 2.40. The average Bonchev–Trinajstić information content (AvgIpc) is 2.91. The third-order valence-corrected chi connectivity index (χ3v) is 4.55. The smallest absolute Gasteiger partial charge is 0.303 e. The standard InChI is InChI=1S/C21H21NO4/c23-18(24)14-8-7-13-17-19(15-9-3-1-4-10-15)22(21(26)20(17)25)16-11-5-2-6-12-16/h1-6,9-12,19,25H,7-8,13-14H2,(H,23,24). The van der Waals surface area contributed by atoms with Crippen LogP contribution in [-0.2, 0) is 9.59 Å². The van der Waals surface area contributed by atoms with Gasteiger partial charge < -0.3 is 10.2 Å². The molecular formula is C21H21NO4. The Balaban J connectivity index is 1.92. The number of para-hydroxylation sites is 1. The van der Waals surface area contributed by atoms with E-state index in [4.69, 9.17) is 5.11 Å². The predicted molar refractivity (Wildman–Crippen MR) is 98.9 cm³/mol. The number of amides is 1. The molecule has 1 amide bonds. The summed E-state index contributed by atoms with van der Waals surface area (Å²) in [5.41, 5.74) is 2.29. The minimum atomic E-state index is -0.837. The largest absolute Gasteiger partial charge is 0.503 e. The minimum Gasteiger partial charge on any atom is -0.503 e. The molecule has 0 saturated heterocycles. The first-order valence-electron chi connectivity index (χ1n) is 8.67. The molecule has 0 aliphatic carbocycles. The molecule has 5 nitrogen and oxygen atoms in total. The summed E-state index contributed by atoms with van der Waals surface area (Å²) in [7, 11) is 0. The van der Waals surface area contributed by atoms with Gasteiger partial charge in [0.15, 0.2) is 5.76 Å². The number of nitrogens with zero attached hydrogens (tertiary/aromatic N) is 1. The van der Waals surface area contributed by atoms with Crippen LogP contribution in [0, 0.1) is 0 Å². The van der Waals surface area contributed by atoms with Crippen LogP contribution in [0.15, 0.2) is 72.0 Å². The first kappa shape index (κ1) is 17.7. The first-order chi connectivity index (χ1) is 12.6. The highest BCUT2D eigenvalue weighted by molar-refractivity contribution is 6.08. The summed E-state index contributed by atoms with van der Waals surface area (Å²) < 4.78 is 0. The number of benzene rings is 2. The molecule has 134 valence electrons. The normalized spacial score (nSPS) is 17.0. The van der Waals surface area contributed by atoms with Gasteiger partial charge in [0.1, 0.15) is 0 Å². The number of unbranched alkanes of at least 4 members (excludes halogenated alkanes) is 1. The van der Waals surface area contributed by atoms with Crippen molar-refractivity contribution in [1.29, 1.82) is 0 Å². The zero-order valence-electron chi connectivity index (χ0n) is 14.3. The topological polar surface area (TPSA) is 77.8 Å². The van der Waals surface area contributed by atoms with Crippen molar-refractivity contribution in [1.82, 2.24) is 0 Å². The molecule has 1 heterocycles. The van der Waals surface area contributed by atoms with Gasteiger partial charge in [0, 0.05) is 17.7 Å². The van der Waals surface area contributed by atoms with Crippen molar-refractivity contribution in [2.75, 3.05) is 4.90 Å². The Labute approximate surface area is 152 Å². The molecule has 5 heteroatoms. The lowest BCUT2D eigenvalue weighted by Gasteiger charge is -2.27. The van der Waals surface area contributed by atoms with Crippen molar-refractivity contribution >= 4 is 17.6 Å². The van der Waals surface area contributed by atoms with Crippen LogP contribution in [0.4, 0.5) is 5.69 Å². The summed E-state index contributed by atoms with van der Waals surface area (Å²) in [6.07, 6.45) is 1.67. The number of carbonyl (C=O) groups excluding carboxylic acids is 1. The molecule has 0 radical (unpaired) electrons.